The van der Waals surface area contributed by atoms with Gasteiger partial charge in [-0.2, -0.15) is 26.3 Å². The molecular formula is C30H38F6N2. The molecule has 1 heterocycles. The van der Waals surface area contributed by atoms with Crippen LogP contribution in [0.3, 0.4) is 0 Å². The summed E-state index contributed by atoms with van der Waals surface area (Å²) >= 11 is 0. The predicted molar refractivity (Wildman–Crippen MR) is 143 cm³/mol. The van der Waals surface area contributed by atoms with Crippen LogP contribution >= 0.6 is 0 Å². The number of hydrogen-bond acceptors (Lipinski definition) is 2. The van der Waals surface area contributed by atoms with Crippen LogP contribution in [0.4, 0.5) is 26.3 Å². The lowest BCUT2D eigenvalue weighted by molar-refractivity contribution is -0.138. The molecule has 3 rings (SSSR count). The Hall–Kier alpha value is -2.61. The molecule has 0 bridgehead atoms. The van der Waals surface area contributed by atoms with Gasteiger partial charge in [0, 0.05) is 17.3 Å². The van der Waals surface area contributed by atoms with Crippen LogP contribution in [-0.2, 0) is 25.2 Å². The van der Waals surface area contributed by atoms with E-state index >= 15 is 0 Å². The zero-order valence-electron chi connectivity index (χ0n) is 22.7. The van der Waals surface area contributed by atoms with Crippen molar-refractivity contribution < 1.29 is 26.3 Å². The Labute approximate surface area is 222 Å². The normalized spacial score (nSPS) is 17.7. The highest BCUT2D eigenvalue weighted by Crippen LogP contribution is 2.35. The highest BCUT2D eigenvalue weighted by atomic mass is 19.4. The second-order valence-corrected chi connectivity index (χ2v) is 9.23. The fraction of sp³-hybridized carbons (Fsp3) is 0.500. The minimum Gasteiger partial charge on any atom is -0.309 e. The first-order valence-electron chi connectivity index (χ1n) is 13.3. The Kier molecular flexibility index (Phi) is 11.6. The van der Waals surface area contributed by atoms with Gasteiger partial charge in [-0.05, 0) is 80.8 Å². The van der Waals surface area contributed by atoms with Crippen molar-refractivity contribution in [1.29, 1.82) is 0 Å². The third-order valence-electron chi connectivity index (χ3n) is 6.73. The van der Waals surface area contributed by atoms with Gasteiger partial charge in [-0.3, -0.25) is 4.99 Å². The van der Waals surface area contributed by atoms with Crippen molar-refractivity contribution in [2.75, 3.05) is 6.54 Å². The first-order chi connectivity index (χ1) is 17.9. The summed E-state index contributed by atoms with van der Waals surface area (Å²) in [5.74, 6) is 0.195. The Bertz CT molecular complexity index is 1080. The molecule has 210 valence electrons. The molecule has 0 amide bonds. The van der Waals surface area contributed by atoms with Gasteiger partial charge in [-0.15, -0.1) is 0 Å². The van der Waals surface area contributed by atoms with Gasteiger partial charge in [0.15, 0.2) is 0 Å². The standard InChI is InChI=1S/C28H32F6N2.C2H6/c1-4-18(3)26(25-7-6-16-35-25)36-24(5-2)21-13-12-20(23(17-21)28(32,33)34)11-8-19-9-14-22(15-10-19)27(29,30)31;1-2/h5,9-10,12-15,17-18,25,35H,4,6-8,11,16H2,1-3H3;1-2H3/b24-5-,36-26?;. The van der Waals surface area contributed by atoms with Gasteiger partial charge in [0.25, 0.3) is 0 Å². The van der Waals surface area contributed by atoms with Crippen LogP contribution < -0.4 is 5.32 Å². The molecule has 1 fully saturated rings. The van der Waals surface area contributed by atoms with Crippen LogP contribution in [0.1, 0.15) is 81.7 Å². The first-order valence-corrected chi connectivity index (χ1v) is 13.3. The molecule has 1 aliphatic rings. The van der Waals surface area contributed by atoms with E-state index in [2.05, 4.69) is 19.2 Å². The summed E-state index contributed by atoms with van der Waals surface area (Å²) in [6.07, 6.45) is -4.17. The number of alkyl halides is 6. The molecule has 2 unspecified atom stereocenters. The monoisotopic (exact) mass is 540 g/mol. The molecule has 1 saturated heterocycles. The molecule has 0 aliphatic carbocycles. The molecule has 0 spiro atoms. The molecule has 0 saturated carbocycles. The number of benzene rings is 2. The zero-order valence-corrected chi connectivity index (χ0v) is 22.7. The van der Waals surface area contributed by atoms with Crippen molar-refractivity contribution >= 4 is 11.4 Å². The maximum absolute atomic E-state index is 14.0. The number of rotatable bonds is 8. The second-order valence-electron chi connectivity index (χ2n) is 9.23. The number of nitrogens with zero attached hydrogens (tertiary/aromatic N) is 1. The first kappa shape index (κ1) is 31.6. The van der Waals surface area contributed by atoms with Crippen LogP contribution in [-0.4, -0.2) is 18.3 Å². The van der Waals surface area contributed by atoms with Crippen molar-refractivity contribution in [3.63, 3.8) is 0 Å². The van der Waals surface area contributed by atoms with E-state index in [-0.39, 0.29) is 30.4 Å². The Balaban J connectivity index is 0.00000247. The number of nitrogens with one attached hydrogen (secondary N) is 1. The molecule has 0 radical (unpaired) electrons. The molecule has 2 nitrogen and oxygen atoms in total. The number of hydrogen-bond donors (Lipinski definition) is 1. The van der Waals surface area contributed by atoms with E-state index in [1.54, 1.807) is 19.1 Å². The third kappa shape index (κ3) is 8.45. The average molecular weight is 541 g/mol. The van der Waals surface area contributed by atoms with Crippen LogP contribution in [0, 0.1) is 5.92 Å². The van der Waals surface area contributed by atoms with Crippen molar-refractivity contribution in [3.8, 4) is 0 Å². The second kappa shape index (κ2) is 14.0. The van der Waals surface area contributed by atoms with Gasteiger partial charge in [0.2, 0.25) is 0 Å². The molecule has 2 aromatic carbocycles. The molecule has 2 aromatic rings. The van der Waals surface area contributed by atoms with Gasteiger partial charge < -0.3 is 5.32 Å². The molecule has 1 aliphatic heterocycles. The quantitative estimate of drug-likeness (QED) is 0.262. The molecule has 38 heavy (non-hydrogen) atoms. The summed E-state index contributed by atoms with van der Waals surface area (Å²) in [6, 6.07) is 8.89. The number of halogens is 6. The smallest absolute Gasteiger partial charge is 0.309 e. The van der Waals surface area contributed by atoms with Gasteiger partial charge in [0.1, 0.15) is 0 Å². The van der Waals surface area contributed by atoms with Gasteiger partial charge in [-0.25, -0.2) is 0 Å². The molecule has 8 heteroatoms. The lowest BCUT2D eigenvalue weighted by Gasteiger charge is -2.21. The predicted octanol–water partition coefficient (Wildman–Crippen LogP) is 9.14. The summed E-state index contributed by atoms with van der Waals surface area (Å²) in [5, 5.41) is 3.44. The Morgan fingerprint density at radius 1 is 1.00 bits per heavy atom. The van der Waals surface area contributed by atoms with Crippen molar-refractivity contribution in [2.45, 2.75) is 85.1 Å². The summed E-state index contributed by atoms with van der Waals surface area (Å²) in [4.78, 5) is 4.85. The van der Waals surface area contributed by atoms with E-state index in [1.807, 2.05) is 13.8 Å². The minimum atomic E-state index is -4.57. The average Bonchev–Trinajstić information content (AvgIpc) is 3.43. The van der Waals surface area contributed by atoms with E-state index in [1.165, 1.54) is 18.2 Å². The Morgan fingerprint density at radius 3 is 2.16 bits per heavy atom. The highest BCUT2D eigenvalue weighted by Gasteiger charge is 2.34. The zero-order chi connectivity index (χ0) is 28.5. The topological polar surface area (TPSA) is 24.4 Å². The maximum atomic E-state index is 14.0. The molecular weight excluding hydrogens is 502 g/mol. The minimum absolute atomic E-state index is 0.0546. The summed E-state index contributed by atoms with van der Waals surface area (Å²) in [7, 11) is 0. The van der Waals surface area contributed by atoms with Crippen LogP contribution in [0.25, 0.3) is 5.70 Å². The molecule has 0 aromatic heterocycles. The number of aliphatic imine (C=N–C) groups is 1. The van der Waals surface area contributed by atoms with Gasteiger partial charge >= 0.3 is 12.4 Å². The number of aryl methyl sites for hydroxylation is 2. The SMILES string of the molecule is C/C=C(\N=C(C(C)CC)C1CCCN1)c1ccc(CCc2ccc(C(F)(F)F)cc2)c(C(F)(F)F)c1.CC. The fourth-order valence-corrected chi connectivity index (χ4v) is 4.47. The van der Waals surface area contributed by atoms with Gasteiger partial charge in [0.05, 0.1) is 16.8 Å². The van der Waals surface area contributed by atoms with E-state index in [4.69, 9.17) is 4.99 Å². The maximum Gasteiger partial charge on any atom is 0.416 e. The largest absolute Gasteiger partial charge is 0.416 e. The van der Waals surface area contributed by atoms with E-state index < -0.39 is 23.5 Å². The highest BCUT2D eigenvalue weighted by molar-refractivity contribution is 5.95. The summed E-state index contributed by atoms with van der Waals surface area (Å²) in [6.45, 7) is 10.8. The van der Waals surface area contributed by atoms with E-state index in [0.29, 0.717) is 16.8 Å². The van der Waals surface area contributed by atoms with Crippen LogP contribution in [0.15, 0.2) is 53.5 Å². The number of allylic oxidation sites excluding steroid dienone is 1. The van der Waals surface area contributed by atoms with Crippen molar-refractivity contribution in [1.82, 2.24) is 5.32 Å². The van der Waals surface area contributed by atoms with Crippen LogP contribution in [0.5, 0.6) is 0 Å². The lowest BCUT2D eigenvalue weighted by atomic mass is 9.94. The van der Waals surface area contributed by atoms with E-state index in [0.717, 1.165) is 49.7 Å². The van der Waals surface area contributed by atoms with E-state index in [9.17, 15) is 26.3 Å². The molecule has 2 atom stereocenters. The van der Waals surface area contributed by atoms with Crippen molar-refractivity contribution in [2.24, 2.45) is 10.9 Å². The third-order valence-corrected chi connectivity index (χ3v) is 6.73. The van der Waals surface area contributed by atoms with Gasteiger partial charge in [-0.1, -0.05) is 58.0 Å². The van der Waals surface area contributed by atoms with Crippen molar-refractivity contribution in [3.05, 3.63) is 76.4 Å². The summed E-state index contributed by atoms with van der Waals surface area (Å²) < 4.78 is 80.3. The fourth-order valence-electron chi connectivity index (χ4n) is 4.47. The van der Waals surface area contributed by atoms with Crippen LogP contribution in [0.2, 0.25) is 0 Å². The summed E-state index contributed by atoms with van der Waals surface area (Å²) in [5.41, 5.74) is 0.969. The lowest BCUT2D eigenvalue weighted by Crippen LogP contribution is -2.34. The molecule has 1 N–H and O–H groups in total. The Morgan fingerprint density at radius 2 is 1.66 bits per heavy atom.